The van der Waals surface area contributed by atoms with Gasteiger partial charge in [0.2, 0.25) is 0 Å². The number of furan rings is 1. The van der Waals surface area contributed by atoms with Crippen molar-refractivity contribution in [1.29, 1.82) is 0 Å². The molecule has 0 bridgehead atoms. The van der Waals surface area contributed by atoms with E-state index >= 15 is 0 Å². The Morgan fingerprint density at radius 1 is 0.314 bits per heavy atom. The molecule has 10 aromatic carbocycles. The van der Waals surface area contributed by atoms with Gasteiger partial charge >= 0.3 is 0 Å². The zero-order valence-electron chi connectivity index (χ0n) is 54.5. The van der Waals surface area contributed by atoms with Crippen LogP contribution in [0.4, 0.5) is 0 Å². The van der Waals surface area contributed by atoms with E-state index in [1.165, 1.54) is 0 Å². The molecule has 0 spiro atoms. The fraction of sp³-hybridized carbons (Fsp3) is 0. The first-order chi connectivity index (χ1) is 37.4. The molecule has 0 saturated heterocycles. The first kappa shape index (κ1) is 12.0. The highest BCUT2D eigenvalue weighted by atomic mass is 16.3. The van der Waals surface area contributed by atoms with Crippen molar-refractivity contribution >= 4 is 75.8 Å². The molecular weight excluding hydrogens is 617 g/mol. The second kappa shape index (κ2) is 10.9. The van der Waals surface area contributed by atoms with Gasteiger partial charge in [0.1, 0.15) is 11.2 Å². The van der Waals surface area contributed by atoms with Crippen LogP contribution >= 0.6 is 0 Å². The average Bonchev–Trinajstić information content (AvgIpc) is 4.00. The van der Waals surface area contributed by atoms with Crippen molar-refractivity contribution in [3.05, 3.63) is 181 Å². The molecular formula is C50H30O. The molecule has 0 radical (unpaired) electrons. The molecule has 1 heterocycles. The van der Waals surface area contributed by atoms with E-state index in [1.807, 2.05) is 0 Å². The Morgan fingerprint density at radius 3 is 1.51 bits per heavy atom. The fourth-order valence-electron chi connectivity index (χ4n) is 6.28. The van der Waals surface area contributed by atoms with Gasteiger partial charge in [-0.3, -0.25) is 0 Å². The maximum absolute atomic E-state index is 9.94. The van der Waals surface area contributed by atoms with Crippen LogP contribution in [-0.4, -0.2) is 0 Å². The lowest BCUT2D eigenvalue weighted by atomic mass is 9.85. The summed E-state index contributed by atoms with van der Waals surface area (Å²) in [6, 6.07) is -24.5. The van der Waals surface area contributed by atoms with Crippen LogP contribution in [0.5, 0.6) is 0 Å². The topological polar surface area (TPSA) is 13.1 Å². The van der Waals surface area contributed by atoms with Gasteiger partial charge < -0.3 is 4.42 Å². The summed E-state index contributed by atoms with van der Waals surface area (Å²) >= 11 is 0. The van der Waals surface area contributed by atoms with Crippen molar-refractivity contribution < 1.29 is 44.2 Å². The molecule has 0 saturated carbocycles. The summed E-state index contributed by atoms with van der Waals surface area (Å²) in [6.45, 7) is 0. The molecule has 1 heteroatoms. The van der Waals surface area contributed by atoms with Crippen LogP contribution in [0.3, 0.4) is 0 Å². The molecule has 0 N–H and O–H groups in total. The van der Waals surface area contributed by atoms with E-state index in [0.717, 1.165) is 6.07 Å². The maximum atomic E-state index is 9.94. The van der Waals surface area contributed by atoms with E-state index < -0.39 is 263 Å². The number of benzene rings is 10. The first-order valence-corrected chi connectivity index (χ1v) is 15.2. The zero-order valence-corrected chi connectivity index (χ0v) is 25.5. The van der Waals surface area contributed by atoms with E-state index in [2.05, 4.69) is 0 Å². The van der Waals surface area contributed by atoms with Gasteiger partial charge in [-0.2, -0.15) is 0 Å². The minimum atomic E-state index is -1.05. The molecule has 11 rings (SSSR count). The van der Waals surface area contributed by atoms with Gasteiger partial charge in [0.25, 0.3) is 0 Å². The summed E-state index contributed by atoms with van der Waals surface area (Å²) in [5, 5.41) is -6.69. The summed E-state index contributed by atoms with van der Waals surface area (Å²) in [4.78, 5) is 0. The van der Waals surface area contributed by atoms with Crippen LogP contribution in [0.25, 0.3) is 109 Å². The normalized spacial score (nSPS) is 19.9. The average molecular weight is 676 g/mol. The highest BCUT2D eigenvalue weighted by Crippen LogP contribution is 2.45. The van der Waals surface area contributed by atoms with Crippen LogP contribution in [0.15, 0.2) is 186 Å². The zero-order chi connectivity index (χ0) is 58.7. The minimum Gasteiger partial charge on any atom is -0.456 e. The van der Waals surface area contributed by atoms with E-state index in [4.69, 9.17) is 23.6 Å². The fourth-order valence-corrected chi connectivity index (χ4v) is 6.28. The highest BCUT2D eigenvalue weighted by molar-refractivity contribution is 6.22. The quantitative estimate of drug-likeness (QED) is 0.170. The Hall–Kier alpha value is -6.70. The second-order valence-corrected chi connectivity index (χ2v) is 11.3. The SMILES string of the molecule is [2H]c1cc2c([2H])c([2H])c3oc4c([2H])c(-c5c([2H])c([2H])c6c([2H])c([2H])c(-c7c8c([2H])c([2H])c([2H])c([2H])c8c(-c8c([2H])c([2H])c9c([2H])c([2H])c([2H])c([2H])c9c8[2H])c8c([2H])c([2H])c([2H])c([2H])c78)c([2H])c6c5[2H])c([2H])c([2H])c4c3c2c([2H])c1[2H]. The summed E-state index contributed by atoms with van der Waals surface area (Å²) in [6.07, 6.45) is 0. The highest BCUT2D eigenvalue weighted by Gasteiger charge is 2.17. The molecule has 236 valence electrons. The van der Waals surface area contributed by atoms with Crippen molar-refractivity contribution in [2.75, 3.05) is 0 Å². The number of rotatable bonds is 3. The van der Waals surface area contributed by atoms with E-state index in [-0.39, 0.29) is 21.5 Å². The lowest BCUT2D eigenvalue weighted by Crippen LogP contribution is -1.91. The predicted molar refractivity (Wildman–Crippen MR) is 218 cm³/mol. The van der Waals surface area contributed by atoms with Crippen molar-refractivity contribution in [3.63, 3.8) is 0 Å². The third kappa shape index (κ3) is 4.35. The third-order valence-corrected chi connectivity index (χ3v) is 8.52. The van der Waals surface area contributed by atoms with Gasteiger partial charge in [-0.25, -0.2) is 0 Å². The van der Waals surface area contributed by atoms with Crippen LogP contribution in [0, 0.1) is 0 Å². The Kier molecular flexibility index (Phi) is 2.56. The standard InChI is InChI=1S/C50H30O/c1-2-11-34-27-37(21-18-31(34)9-1)48-41-13-5-7-15-43(41)49(44-16-8-6-14-42(44)48)38-22-19-32-17-20-35(28-39(32)29-38)36-23-25-45-47(30-36)51-46-26-24-33-10-3-4-12-40(33)50(45)46/h1-30H/i1D,2D,3D,4D,5D,6D,7D,8D,9D,11D,12D,13D,14D,15D,16D,17D,18D,19D,20D,21D,22D,23D,24D,25D,26D,27D,28D,29D,30D. The van der Waals surface area contributed by atoms with Crippen molar-refractivity contribution in [2.45, 2.75) is 0 Å². The molecule has 1 aromatic heterocycles. The summed E-state index contributed by atoms with van der Waals surface area (Å²) in [7, 11) is 0. The summed E-state index contributed by atoms with van der Waals surface area (Å²) in [5.74, 6) is 0. The van der Waals surface area contributed by atoms with E-state index in [1.54, 1.807) is 0 Å². The molecule has 0 atom stereocenters. The van der Waals surface area contributed by atoms with E-state index in [9.17, 15) is 20.6 Å². The lowest BCUT2D eigenvalue weighted by molar-refractivity contribution is 0.669. The van der Waals surface area contributed by atoms with Gasteiger partial charge in [0, 0.05) is 10.8 Å². The molecule has 0 amide bonds. The molecule has 0 aliphatic heterocycles. The molecule has 51 heavy (non-hydrogen) atoms. The largest absolute Gasteiger partial charge is 0.456 e. The number of hydrogen-bond donors (Lipinski definition) is 0. The Bertz CT molecular complexity index is 4790. The van der Waals surface area contributed by atoms with Gasteiger partial charge in [0.15, 0.2) is 0 Å². The monoisotopic (exact) mass is 675 g/mol. The molecule has 0 aliphatic rings. The maximum Gasteiger partial charge on any atom is 0.136 e. The molecule has 0 unspecified atom stereocenters. The summed E-state index contributed by atoms with van der Waals surface area (Å²) < 4.78 is 269. The Labute approximate surface area is 335 Å². The van der Waals surface area contributed by atoms with Crippen LogP contribution < -0.4 is 0 Å². The van der Waals surface area contributed by atoms with E-state index in [0.29, 0.717) is 0 Å². The van der Waals surface area contributed by atoms with Crippen LogP contribution in [-0.2, 0) is 0 Å². The first-order valence-electron chi connectivity index (χ1n) is 29.7. The molecule has 1 nitrogen and oxygen atoms in total. The molecule has 0 fully saturated rings. The van der Waals surface area contributed by atoms with Gasteiger partial charge in [-0.15, -0.1) is 0 Å². The number of hydrogen-bond acceptors (Lipinski definition) is 1. The summed E-state index contributed by atoms with van der Waals surface area (Å²) in [5.41, 5.74) is -5.72. The molecule has 0 aliphatic carbocycles. The minimum absolute atomic E-state index is 0.149. The Morgan fingerprint density at radius 2 is 0.804 bits per heavy atom. The predicted octanol–water partition coefficient (Wildman–Crippen LogP) is 14.4. The van der Waals surface area contributed by atoms with Crippen molar-refractivity contribution in [1.82, 2.24) is 0 Å². The van der Waals surface area contributed by atoms with Gasteiger partial charge in [-0.1, -0.05) is 145 Å². The van der Waals surface area contributed by atoms with Crippen LogP contribution in [0.1, 0.15) is 39.8 Å². The van der Waals surface area contributed by atoms with Crippen molar-refractivity contribution in [3.8, 4) is 33.4 Å². The lowest BCUT2D eigenvalue weighted by Gasteiger charge is -2.18. The van der Waals surface area contributed by atoms with Crippen molar-refractivity contribution in [2.24, 2.45) is 0 Å². The third-order valence-electron chi connectivity index (χ3n) is 8.52. The Balaban J connectivity index is 1.34. The van der Waals surface area contributed by atoms with Crippen LogP contribution in [0.2, 0.25) is 0 Å². The molecule has 11 aromatic rings. The smallest absolute Gasteiger partial charge is 0.136 e. The second-order valence-electron chi connectivity index (χ2n) is 11.3. The van der Waals surface area contributed by atoms with Gasteiger partial charge in [-0.05, 0) is 123 Å². The number of fused-ring (bicyclic) bond motifs is 9. The van der Waals surface area contributed by atoms with Gasteiger partial charge in [0.05, 0.1) is 39.8 Å².